The molecule has 0 fully saturated rings. The molecule has 6 nitrogen and oxygen atoms in total. The smallest absolute Gasteiger partial charge is 0.417 e. The van der Waals surface area contributed by atoms with Crippen molar-refractivity contribution >= 4 is 11.9 Å². The third-order valence-corrected chi connectivity index (χ3v) is 4.38. The molecular weight excluding hydrogens is 385 g/mol. The van der Waals surface area contributed by atoms with Gasteiger partial charge in [-0.05, 0) is 30.3 Å². The molecule has 0 atom stereocenters. The van der Waals surface area contributed by atoms with E-state index in [1.54, 1.807) is 36.5 Å². The molecule has 3 heterocycles. The molecule has 0 N–H and O–H groups in total. The summed E-state index contributed by atoms with van der Waals surface area (Å²) in [6.07, 6.45) is -0.127. The molecule has 0 aliphatic carbocycles. The fourth-order valence-corrected chi connectivity index (χ4v) is 2.93. The number of hydrogen-bond donors (Lipinski definition) is 0. The van der Waals surface area contributed by atoms with E-state index in [-0.39, 0.29) is 5.56 Å². The summed E-state index contributed by atoms with van der Waals surface area (Å²) in [6.45, 7) is 0. The number of nitrogens with zero attached hydrogens (tertiary/aromatic N) is 4. The minimum absolute atomic E-state index is 0.232. The number of aromatic nitrogens is 4. The molecule has 9 heteroatoms. The van der Waals surface area contributed by atoms with E-state index < -0.39 is 11.7 Å². The zero-order valence-electron chi connectivity index (χ0n) is 15.0. The van der Waals surface area contributed by atoms with Crippen molar-refractivity contribution in [2.45, 2.75) is 6.18 Å². The van der Waals surface area contributed by atoms with E-state index in [1.807, 2.05) is 0 Å². The van der Waals surface area contributed by atoms with Crippen molar-refractivity contribution < 1.29 is 22.7 Å². The second kappa shape index (κ2) is 7.01. The van der Waals surface area contributed by atoms with E-state index in [0.717, 1.165) is 12.3 Å². The van der Waals surface area contributed by atoms with Gasteiger partial charge in [0, 0.05) is 23.5 Å². The number of ether oxygens (including phenoxy) is 1. The molecule has 0 aliphatic heterocycles. The average molecular weight is 398 g/mol. The maximum atomic E-state index is 13.0. The Morgan fingerprint density at radius 2 is 1.86 bits per heavy atom. The van der Waals surface area contributed by atoms with Crippen LogP contribution in [0.2, 0.25) is 0 Å². The van der Waals surface area contributed by atoms with Crippen molar-refractivity contribution in [1.82, 2.24) is 19.6 Å². The summed E-state index contributed by atoms with van der Waals surface area (Å²) in [6, 6.07) is 9.24. The van der Waals surface area contributed by atoms with Crippen LogP contribution in [0.1, 0.15) is 15.9 Å². The summed E-state index contributed by atoms with van der Waals surface area (Å²) in [7, 11) is 1.46. The Balaban J connectivity index is 1.83. The van der Waals surface area contributed by atoms with Crippen molar-refractivity contribution in [3.05, 3.63) is 66.1 Å². The normalized spacial score (nSPS) is 11.6. The maximum Gasteiger partial charge on any atom is 0.417 e. The molecular formula is C20H13F3N4O2. The van der Waals surface area contributed by atoms with Gasteiger partial charge in [0.05, 0.1) is 35.8 Å². The first-order valence-corrected chi connectivity index (χ1v) is 8.41. The van der Waals surface area contributed by atoms with Crippen molar-refractivity contribution in [3.8, 4) is 28.3 Å². The van der Waals surface area contributed by atoms with Gasteiger partial charge < -0.3 is 4.74 Å². The fourth-order valence-electron chi connectivity index (χ4n) is 2.93. The van der Waals surface area contributed by atoms with Crippen LogP contribution in [0.15, 0.2) is 55.0 Å². The van der Waals surface area contributed by atoms with E-state index in [2.05, 4.69) is 15.1 Å². The largest absolute Gasteiger partial charge is 0.496 e. The molecule has 146 valence electrons. The lowest BCUT2D eigenvalue weighted by atomic mass is 10.1. The van der Waals surface area contributed by atoms with Crippen LogP contribution in [0.3, 0.4) is 0 Å². The van der Waals surface area contributed by atoms with Crippen molar-refractivity contribution in [1.29, 1.82) is 0 Å². The zero-order valence-corrected chi connectivity index (χ0v) is 15.0. The molecule has 0 spiro atoms. The number of carbonyl (C=O) groups is 1. The van der Waals surface area contributed by atoms with Crippen LogP contribution in [-0.2, 0) is 6.18 Å². The summed E-state index contributed by atoms with van der Waals surface area (Å²) in [5.41, 5.74) is 1.89. The van der Waals surface area contributed by atoms with Crippen molar-refractivity contribution in [3.63, 3.8) is 0 Å². The Bertz CT molecular complexity index is 1220. The average Bonchev–Trinajstić information content (AvgIpc) is 3.16. The lowest BCUT2D eigenvalue weighted by Gasteiger charge is -2.09. The van der Waals surface area contributed by atoms with E-state index in [0.29, 0.717) is 40.2 Å². The van der Waals surface area contributed by atoms with Crippen LogP contribution in [0.5, 0.6) is 5.75 Å². The van der Waals surface area contributed by atoms with Crippen LogP contribution in [0.25, 0.3) is 28.2 Å². The van der Waals surface area contributed by atoms with E-state index >= 15 is 0 Å². The molecule has 0 saturated heterocycles. The predicted molar refractivity (Wildman–Crippen MR) is 98.6 cm³/mol. The number of alkyl halides is 3. The number of rotatable bonds is 4. The van der Waals surface area contributed by atoms with Gasteiger partial charge in [0.15, 0.2) is 11.9 Å². The summed E-state index contributed by atoms with van der Waals surface area (Å²) in [5.74, 6) is 0.394. The van der Waals surface area contributed by atoms with Gasteiger partial charge in [-0.25, -0.2) is 9.50 Å². The molecule has 1 aromatic carbocycles. The van der Waals surface area contributed by atoms with Crippen molar-refractivity contribution in [2.24, 2.45) is 0 Å². The topological polar surface area (TPSA) is 69.4 Å². The minimum Gasteiger partial charge on any atom is -0.496 e. The maximum absolute atomic E-state index is 13.0. The predicted octanol–water partition coefficient (Wildman–Crippen LogP) is 4.30. The van der Waals surface area contributed by atoms with Gasteiger partial charge in [0.25, 0.3) is 0 Å². The van der Waals surface area contributed by atoms with Gasteiger partial charge in [-0.1, -0.05) is 6.07 Å². The molecule has 4 aromatic rings. The third-order valence-electron chi connectivity index (χ3n) is 4.38. The SMILES string of the molecule is COc1cc(-c2cnc3ccc(-c4cncc(C(F)(F)F)c4)nn23)ccc1C=O. The van der Waals surface area contributed by atoms with E-state index in [1.165, 1.54) is 17.8 Å². The van der Waals surface area contributed by atoms with E-state index in [4.69, 9.17) is 4.74 Å². The van der Waals surface area contributed by atoms with Crippen molar-refractivity contribution in [2.75, 3.05) is 7.11 Å². The van der Waals surface area contributed by atoms with Crippen LogP contribution in [0, 0.1) is 0 Å². The van der Waals surface area contributed by atoms with Gasteiger partial charge in [0.2, 0.25) is 0 Å². The molecule has 0 radical (unpaired) electrons. The highest BCUT2D eigenvalue weighted by Crippen LogP contribution is 2.31. The van der Waals surface area contributed by atoms with Gasteiger partial charge >= 0.3 is 6.18 Å². The minimum atomic E-state index is -4.50. The summed E-state index contributed by atoms with van der Waals surface area (Å²) < 4.78 is 45.7. The number of halogens is 3. The quantitative estimate of drug-likeness (QED) is 0.480. The zero-order chi connectivity index (χ0) is 20.6. The number of benzene rings is 1. The second-order valence-electron chi connectivity index (χ2n) is 6.17. The van der Waals surface area contributed by atoms with Crippen LogP contribution in [-0.4, -0.2) is 33.0 Å². The van der Waals surface area contributed by atoms with Gasteiger partial charge in [0.1, 0.15) is 5.75 Å². The Morgan fingerprint density at radius 3 is 2.59 bits per heavy atom. The highest BCUT2D eigenvalue weighted by molar-refractivity contribution is 5.81. The number of pyridine rings is 1. The lowest BCUT2D eigenvalue weighted by Crippen LogP contribution is -2.06. The summed E-state index contributed by atoms with van der Waals surface area (Å²) in [5, 5.41) is 4.44. The van der Waals surface area contributed by atoms with Crippen LogP contribution < -0.4 is 4.74 Å². The number of fused-ring (bicyclic) bond motifs is 1. The standard InChI is InChI=1S/C20H13F3N4O2/c1-29-18-7-12(2-3-13(18)11-28)17-10-25-19-5-4-16(26-27(17)19)14-6-15(9-24-8-14)20(21,22)23/h2-11H,1H3. The number of methoxy groups -OCH3 is 1. The second-order valence-corrected chi connectivity index (χ2v) is 6.17. The molecule has 0 bridgehead atoms. The number of hydrogen-bond acceptors (Lipinski definition) is 5. The summed E-state index contributed by atoms with van der Waals surface area (Å²) in [4.78, 5) is 19.1. The first-order chi connectivity index (χ1) is 13.9. The molecule has 4 rings (SSSR count). The Labute approximate surface area is 162 Å². The number of aldehydes is 1. The van der Waals surface area contributed by atoms with Crippen LogP contribution >= 0.6 is 0 Å². The monoisotopic (exact) mass is 398 g/mol. The summed E-state index contributed by atoms with van der Waals surface area (Å²) >= 11 is 0. The molecule has 0 saturated carbocycles. The van der Waals surface area contributed by atoms with Gasteiger partial charge in [-0.3, -0.25) is 9.78 Å². The molecule has 0 unspecified atom stereocenters. The van der Waals surface area contributed by atoms with Crippen LogP contribution in [0.4, 0.5) is 13.2 Å². The van der Waals surface area contributed by atoms with Gasteiger partial charge in [-0.2, -0.15) is 18.3 Å². The Morgan fingerprint density at radius 1 is 1.03 bits per heavy atom. The molecule has 0 aliphatic rings. The fraction of sp³-hybridized carbons (Fsp3) is 0.100. The highest BCUT2D eigenvalue weighted by atomic mass is 19.4. The third kappa shape index (κ3) is 3.42. The number of carbonyl (C=O) groups excluding carboxylic acids is 1. The number of imidazole rings is 1. The Hall–Kier alpha value is -3.75. The highest BCUT2D eigenvalue weighted by Gasteiger charge is 2.31. The van der Waals surface area contributed by atoms with E-state index in [9.17, 15) is 18.0 Å². The molecule has 29 heavy (non-hydrogen) atoms. The first-order valence-electron chi connectivity index (χ1n) is 8.41. The molecule has 3 aromatic heterocycles. The lowest BCUT2D eigenvalue weighted by molar-refractivity contribution is -0.137. The Kier molecular flexibility index (Phi) is 4.50. The molecule has 0 amide bonds. The van der Waals surface area contributed by atoms with Gasteiger partial charge in [-0.15, -0.1) is 0 Å². The first kappa shape index (κ1) is 18.6.